The van der Waals surface area contributed by atoms with Crippen molar-refractivity contribution in [1.82, 2.24) is 0 Å². The molecule has 2 N–H and O–H groups in total. The van der Waals surface area contributed by atoms with Crippen LogP contribution in [-0.2, 0) is 0 Å². The zero-order chi connectivity index (χ0) is 13.7. The largest absolute Gasteiger partial charge is 0.508 e. The standard InChI is InChI=1S/C15H13BrO3/c16-12-4-8-14(9-5-12)19-15(18)10-3-11-1-6-13(17)7-2-11/h1-10,15,17-18H/b10-3+. The first-order chi connectivity index (χ1) is 9.13. The highest BCUT2D eigenvalue weighted by Crippen LogP contribution is 2.17. The van der Waals surface area contributed by atoms with Crippen molar-refractivity contribution in [3.8, 4) is 11.5 Å². The average Bonchev–Trinajstić information content (AvgIpc) is 2.41. The van der Waals surface area contributed by atoms with Gasteiger partial charge in [-0.1, -0.05) is 34.1 Å². The van der Waals surface area contributed by atoms with E-state index in [0.29, 0.717) is 5.75 Å². The van der Waals surface area contributed by atoms with E-state index in [2.05, 4.69) is 15.9 Å². The van der Waals surface area contributed by atoms with Crippen molar-refractivity contribution < 1.29 is 14.9 Å². The van der Waals surface area contributed by atoms with Gasteiger partial charge in [-0.3, -0.25) is 0 Å². The number of hydrogen-bond acceptors (Lipinski definition) is 3. The molecule has 1 unspecified atom stereocenters. The van der Waals surface area contributed by atoms with E-state index in [-0.39, 0.29) is 5.75 Å². The van der Waals surface area contributed by atoms with E-state index in [9.17, 15) is 5.11 Å². The number of hydrogen-bond donors (Lipinski definition) is 2. The van der Waals surface area contributed by atoms with Crippen molar-refractivity contribution in [3.63, 3.8) is 0 Å². The predicted octanol–water partition coefficient (Wildman–Crippen LogP) is 3.57. The summed E-state index contributed by atoms with van der Waals surface area (Å²) >= 11 is 3.33. The molecule has 2 aromatic rings. The number of aromatic hydroxyl groups is 1. The van der Waals surface area contributed by atoms with Crippen LogP contribution in [0.25, 0.3) is 6.08 Å². The number of benzene rings is 2. The van der Waals surface area contributed by atoms with Gasteiger partial charge >= 0.3 is 0 Å². The van der Waals surface area contributed by atoms with Gasteiger partial charge in [0.15, 0.2) is 0 Å². The fourth-order valence-electron chi connectivity index (χ4n) is 1.47. The molecule has 4 heteroatoms. The van der Waals surface area contributed by atoms with E-state index >= 15 is 0 Å². The summed E-state index contributed by atoms with van der Waals surface area (Å²) in [5, 5.41) is 18.9. The summed E-state index contributed by atoms with van der Waals surface area (Å²) in [6, 6.07) is 13.9. The van der Waals surface area contributed by atoms with Crippen LogP contribution in [0, 0.1) is 0 Å². The molecule has 2 aromatic carbocycles. The molecule has 0 amide bonds. The molecular weight excluding hydrogens is 308 g/mol. The molecule has 2 rings (SSSR count). The summed E-state index contributed by atoms with van der Waals surface area (Å²) in [5.74, 6) is 0.801. The third-order valence-electron chi connectivity index (χ3n) is 2.42. The molecule has 0 aliphatic carbocycles. The molecule has 0 spiro atoms. The van der Waals surface area contributed by atoms with Gasteiger partial charge in [0.05, 0.1) is 0 Å². The maximum atomic E-state index is 9.72. The third-order valence-corrected chi connectivity index (χ3v) is 2.95. The van der Waals surface area contributed by atoms with Gasteiger partial charge in [-0.2, -0.15) is 0 Å². The summed E-state index contributed by atoms with van der Waals surface area (Å²) < 4.78 is 6.27. The highest BCUT2D eigenvalue weighted by molar-refractivity contribution is 9.10. The van der Waals surface area contributed by atoms with E-state index in [1.165, 1.54) is 6.08 Å². The molecule has 0 saturated carbocycles. The Morgan fingerprint density at radius 1 is 1.00 bits per heavy atom. The van der Waals surface area contributed by atoms with Crippen LogP contribution in [0.3, 0.4) is 0 Å². The molecule has 0 aliphatic rings. The number of ether oxygens (including phenoxy) is 1. The fourth-order valence-corrected chi connectivity index (χ4v) is 1.74. The van der Waals surface area contributed by atoms with E-state index in [1.807, 2.05) is 12.1 Å². The first-order valence-electron chi connectivity index (χ1n) is 5.71. The summed E-state index contributed by atoms with van der Waals surface area (Å²) in [4.78, 5) is 0. The molecule has 98 valence electrons. The van der Waals surface area contributed by atoms with Crippen molar-refractivity contribution in [2.45, 2.75) is 6.29 Å². The topological polar surface area (TPSA) is 49.7 Å². The second-order valence-electron chi connectivity index (χ2n) is 3.91. The average molecular weight is 321 g/mol. The lowest BCUT2D eigenvalue weighted by Crippen LogP contribution is -2.11. The van der Waals surface area contributed by atoms with E-state index in [1.54, 1.807) is 42.5 Å². The fraction of sp³-hybridized carbons (Fsp3) is 0.0667. The summed E-state index contributed by atoms with van der Waals surface area (Å²) in [5.41, 5.74) is 0.872. The Hall–Kier alpha value is -1.78. The maximum absolute atomic E-state index is 9.72. The minimum Gasteiger partial charge on any atom is -0.508 e. The van der Waals surface area contributed by atoms with Crippen LogP contribution in [0.2, 0.25) is 0 Å². The minimum absolute atomic E-state index is 0.212. The Kier molecular flexibility index (Phi) is 4.60. The number of aliphatic hydroxyl groups excluding tert-OH is 1. The van der Waals surface area contributed by atoms with Crippen molar-refractivity contribution in [2.75, 3.05) is 0 Å². The van der Waals surface area contributed by atoms with Gasteiger partial charge in [0, 0.05) is 4.47 Å². The highest BCUT2D eigenvalue weighted by Gasteiger charge is 2.01. The lowest BCUT2D eigenvalue weighted by Gasteiger charge is -2.09. The first-order valence-corrected chi connectivity index (χ1v) is 6.50. The van der Waals surface area contributed by atoms with Crippen LogP contribution >= 0.6 is 15.9 Å². The molecule has 3 nitrogen and oxygen atoms in total. The summed E-state index contributed by atoms with van der Waals surface area (Å²) in [6.45, 7) is 0. The normalized spacial score (nSPS) is 12.5. The van der Waals surface area contributed by atoms with E-state index < -0.39 is 6.29 Å². The second-order valence-corrected chi connectivity index (χ2v) is 4.83. The summed E-state index contributed by atoms with van der Waals surface area (Å²) in [7, 11) is 0. The van der Waals surface area contributed by atoms with Crippen LogP contribution in [0.5, 0.6) is 11.5 Å². The Morgan fingerprint density at radius 3 is 2.26 bits per heavy atom. The number of phenols is 1. The Bertz CT molecular complexity index is 547. The Balaban J connectivity index is 1.95. The number of phenolic OH excluding ortho intramolecular Hbond substituents is 1. The van der Waals surface area contributed by atoms with Crippen LogP contribution in [0.15, 0.2) is 59.1 Å². The number of halogens is 1. The molecule has 0 heterocycles. The van der Waals surface area contributed by atoms with E-state index in [4.69, 9.17) is 9.84 Å². The molecule has 0 fully saturated rings. The molecule has 0 bridgehead atoms. The first kappa shape index (κ1) is 13.6. The second kappa shape index (κ2) is 6.41. The molecule has 0 radical (unpaired) electrons. The van der Waals surface area contributed by atoms with Crippen LogP contribution in [-0.4, -0.2) is 16.5 Å². The van der Waals surface area contributed by atoms with Crippen LogP contribution in [0.1, 0.15) is 5.56 Å². The molecule has 1 atom stereocenters. The van der Waals surface area contributed by atoms with Gasteiger partial charge < -0.3 is 14.9 Å². The molecule has 0 aromatic heterocycles. The van der Waals surface area contributed by atoms with Crippen molar-refractivity contribution in [2.24, 2.45) is 0 Å². The number of aliphatic hydroxyl groups is 1. The van der Waals surface area contributed by atoms with Crippen LogP contribution < -0.4 is 4.74 Å². The van der Waals surface area contributed by atoms with Gasteiger partial charge in [0.25, 0.3) is 0 Å². The van der Waals surface area contributed by atoms with Crippen molar-refractivity contribution in [1.29, 1.82) is 0 Å². The molecule has 0 saturated heterocycles. The summed E-state index contributed by atoms with van der Waals surface area (Å²) in [6.07, 6.45) is 2.24. The Morgan fingerprint density at radius 2 is 1.63 bits per heavy atom. The Labute approximate surface area is 119 Å². The lowest BCUT2D eigenvalue weighted by atomic mass is 10.2. The predicted molar refractivity (Wildman–Crippen MR) is 77.9 cm³/mol. The zero-order valence-corrected chi connectivity index (χ0v) is 11.6. The van der Waals surface area contributed by atoms with Gasteiger partial charge in [0.2, 0.25) is 6.29 Å². The highest BCUT2D eigenvalue weighted by atomic mass is 79.9. The minimum atomic E-state index is -1.02. The van der Waals surface area contributed by atoms with Gasteiger partial charge in [-0.05, 0) is 48.0 Å². The van der Waals surface area contributed by atoms with Crippen LogP contribution in [0.4, 0.5) is 0 Å². The molecule has 19 heavy (non-hydrogen) atoms. The molecule has 0 aliphatic heterocycles. The van der Waals surface area contributed by atoms with Crippen molar-refractivity contribution >= 4 is 22.0 Å². The quantitative estimate of drug-likeness (QED) is 0.847. The van der Waals surface area contributed by atoms with Gasteiger partial charge in [-0.15, -0.1) is 0 Å². The number of rotatable bonds is 4. The van der Waals surface area contributed by atoms with Gasteiger partial charge in [-0.25, -0.2) is 0 Å². The third kappa shape index (κ3) is 4.43. The molecular formula is C15H13BrO3. The smallest absolute Gasteiger partial charge is 0.217 e. The van der Waals surface area contributed by atoms with Crippen molar-refractivity contribution in [3.05, 3.63) is 64.6 Å². The SMILES string of the molecule is Oc1ccc(/C=C/C(O)Oc2ccc(Br)cc2)cc1. The van der Waals surface area contributed by atoms with Gasteiger partial charge in [0.1, 0.15) is 11.5 Å². The zero-order valence-electron chi connectivity index (χ0n) is 10.0. The lowest BCUT2D eigenvalue weighted by molar-refractivity contribution is 0.0254. The van der Waals surface area contributed by atoms with E-state index in [0.717, 1.165) is 10.0 Å². The maximum Gasteiger partial charge on any atom is 0.217 e. The monoisotopic (exact) mass is 320 g/mol.